The van der Waals surface area contributed by atoms with Crippen LogP contribution in [0.25, 0.3) is 0 Å². The number of alkyl carbamates (subject to hydrolysis) is 1. The summed E-state index contributed by atoms with van der Waals surface area (Å²) in [7, 11) is 1.32. The highest BCUT2D eigenvalue weighted by molar-refractivity contribution is 5.93. The molecular formula is C18H23NO3. The number of allylic oxidation sites excluding steroid dienone is 2. The van der Waals surface area contributed by atoms with Crippen LogP contribution in [0.15, 0.2) is 42.0 Å². The first kappa shape index (κ1) is 16.3. The van der Waals surface area contributed by atoms with Crippen molar-refractivity contribution < 1.29 is 14.3 Å². The van der Waals surface area contributed by atoms with Gasteiger partial charge in [-0.3, -0.25) is 4.79 Å². The number of methoxy groups -OCH3 is 1. The summed E-state index contributed by atoms with van der Waals surface area (Å²) in [6, 6.07) is 9.13. The van der Waals surface area contributed by atoms with E-state index in [1.165, 1.54) is 12.7 Å². The number of carbonyl (C=O) groups is 2. The summed E-state index contributed by atoms with van der Waals surface area (Å²) in [5, 5.41) is 2.78. The average molecular weight is 301 g/mol. The van der Waals surface area contributed by atoms with Crippen LogP contribution < -0.4 is 5.32 Å². The quantitative estimate of drug-likeness (QED) is 0.842. The molecule has 0 unspecified atom stereocenters. The summed E-state index contributed by atoms with van der Waals surface area (Å²) in [6.07, 6.45) is 5.60. The average Bonchev–Trinajstić information content (AvgIpc) is 3.05. The molecule has 1 aliphatic rings. The summed E-state index contributed by atoms with van der Waals surface area (Å²) in [4.78, 5) is 24.1. The Morgan fingerprint density at radius 3 is 2.41 bits per heavy atom. The molecule has 1 aliphatic carbocycles. The third kappa shape index (κ3) is 4.20. The van der Waals surface area contributed by atoms with E-state index in [4.69, 9.17) is 0 Å². The number of hydrogen-bond acceptors (Lipinski definition) is 3. The number of carbonyl (C=O) groups excluding carboxylic acids is 2. The highest BCUT2D eigenvalue weighted by Gasteiger charge is 2.26. The predicted molar refractivity (Wildman–Crippen MR) is 85.4 cm³/mol. The van der Waals surface area contributed by atoms with Gasteiger partial charge in [0.2, 0.25) is 0 Å². The highest BCUT2D eigenvalue weighted by Crippen LogP contribution is 2.27. The van der Waals surface area contributed by atoms with E-state index in [9.17, 15) is 9.59 Å². The van der Waals surface area contributed by atoms with Crippen molar-refractivity contribution in [2.45, 2.75) is 38.6 Å². The van der Waals surface area contributed by atoms with E-state index in [0.29, 0.717) is 0 Å². The second-order valence-electron chi connectivity index (χ2n) is 5.73. The molecule has 118 valence electrons. The van der Waals surface area contributed by atoms with E-state index in [0.717, 1.165) is 31.2 Å². The zero-order valence-corrected chi connectivity index (χ0v) is 13.2. The van der Waals surface area contributed by atoms with Crippen molar-refractivity contribution in [2.75, 3.05) is 7.11 Å². The molecule has 2 rings (SSSR count). The molecule has 0 radical (unpaired) electrons. The van der Waals surface area contributed by atoms with E-state index in [1.54, 1.807) is 6.08 Å². The maximum Gasteiger partial charge on any atom is 0.407 e. The first-order valence-electron chi connectivity index (χ1n) is 7.74. The second kappa shape index (κ2) is 7.78. The zero-order valence-electron chi connectivity index (χ0n) is 13.2. The monoisotopic (exact) mass is 301 g/mol. The molecule has 1 N–H and O–H groups in total. The van der Waals surface area contributed by atoms with Gasteiger partial charge in [-0.25, -0.2) is 4.79 Å². The van der Waals surface area contributed by atoms with Gasteiger partial charge in [0.05, 0.1) is 13.2 Å². The van der Waals surface area contributed by atoms with Gasteiger partial charge < -0.3 is 10.1 Å². The van der Waals surface area contributed by atoms with Gasteiger partial charge in [-0.1, -0.05) is 42.8 Å². The van der Waals surface area contributed by atoms with Crippen LogP contribution in [0.2, 0.25) is 0 Å². The molecule has 22 heavy (non-hydrogen) atoms. The fourth-order valence-electron chi connectivity index (χ4n) is 2.81. The highest BCUT2D eigenvalue weighted by atomic mass is 16.5. The van der Waals surface area contributed by atoms with Gasteiger partial charge in [0.1, 0.15) is 0 Å². The van der Waals surface area contributed by atoms with Gasteiger partial charge in [0.25, 0.3) is 0 Å². The van der Waals surface area contributed by atoms with Crippen molar-refractivity contribution in [3.05, 3.63) is 47.5 Å². The first-order valence-corrected chi connectivity index (χ1v) is 7.74. The van der Waals surface area contributed by atoms with Crippen molar-refractivity contribution in [1.29, 1.82) is 0 Å². The lowest BCUT2D eigenvalue weighted by Gasteiger charge is -2.23. The van der Waals surface area contributed by atoms with Crippen LogP contribution in [0.3, 0.4) is 0 Å². The Kier molecular flexibility index (Phi) is 5.75. The third-order valence-corrected chi connectivity index (χ3v) is 4.16. The van der Waals surface area contributed by atoms with E-state index >= 15 is 0 Å². The minimum atomic E-state index is -0.526. The van der Waals surface area contributed by atoms with E-state index in [-0.39, 0.29) is 17.7 Å². The van der Waals surface area contributed by atoms with Crippen LogP contribution >= 0.6 is 0 Å². The number of benzene rings is 1. The molecule has 0 spiro atoms. The summed E-state index contributed by atoms with van der Waals surface area (Å²) in [5.41, 5.74) is 2.13. The Bertz CT molecular complexity index is 543. The molecule has 1 aromatic rings. The molecule has 2 atom stereocenters. The third-order valence-electron chi connectivity index (χ3n) is 4.16. The molecule has 1 aromatic carbocycles. The Labute approximate surface area is 131 Å². The van der Waals surface area contributed by atoms with Crippen LogP contribution in [0.5, 0.6) is 0 Å². The van der Waals surface area contributed by atoms with E-state index in [2.05, 4.69) is 10.1 Å². The van der Waals surface area contributed by atoms with Gasteiger partial charge in [0.15, 0.2) is 5.78 Å². The minimum Gasteiger partial charge on any atom is -0.453 e. The summed E-state index contributed by atoms with van der Waals surface area (Å²) in [5.74, 6) is -0.281. The normalized spacial score (nSPS) is 16.7. The molecule has 0 saturated heterocycles. The Morgan fingerprint density at radius 1 is 1.18 bits per heavy atom. The van der Waals surface area contributed by atoms with Crippen molar-refractivity contribution in [1.82, 2.24) is 5.32 Å². The number of nitrogens with one attached hydrogen (secondary N) is 1. The molecule has 1 saturated carbocycles. The summed E-state index contributed by atoms with van der Waals surface area (Å²) >= 11 is 0. The Morgan fingerprint density at radius 2 is 1.82 bits per heavy atom. The molecule has 0 aliphatic heterocycles. The van der Waals surface area contributed by atoms with Crippen molar-refractivity contribution >= 4 is 11.9 Å². The number of amides is 1. The number of ketones is 1. The first-order chi connectivity index (χ1) is 10.6. The van der Waals surface area contributed by atoms with Crippen molar-refractivity contribution in [2.24, 2.45) is 5.92 Å². The fraction of sp³-hybridized carbons (Fsp3) is 0.444. The molecule has 4 nitrogen and oxygen atoms in total. The summed E-state index contributed by atoms with van der Waals surface area (Å²) in [6.45, 7) is 1.85. The fourth-order valence-corrected chi connectivity index (χ4v) is 2.81. The van der Waals surface area contributed by atoms with Gasteiger partial charge in [-0.15, -0.1) is 0 Å². The standard InChI is InChI=1S/C18H23NO3/c1-13(16(20)12-14-8-6-7-9-14)17(19-18(21)22-2)15-10-4-3-5-11-15/h3-5,10-13,17H,6-9H2,1-2H3,(H,19,21)/t13-,17-/m1/s1. The van der Waals surface area contributed by atoms with E-state index < -0.39 is 6.09 Å². The van der Waals surface area contributed by atoms with Crippen LogP contribution in [0.4, 0.5) is 4.79 Å². The maximum absolute atomic E-state index is 12.5. The molecule has 1 fully saturated rings. The Hall–Kier alpha value is -2.10. The lowest BCUT2D eigenvalue weighted by Crippen LogP contribution is -2.35. The predicted octanol–water partition coefficient (Wildman–Crippen LogP) is 3.79. The van der Waals surface area contributed by atoms with Gasteiger partial charge >= 0.3 is 6.09 Å². The number of ether oxygens (including phenoxy) is 1. The largest absolute Gasteiger partial charge is 0.453 e. The molecule has 0 aromatic heterocycles. The van der Waals surface area contributed by atoms with Crippen LogP contribution in [-0.2, 0) is 9.53 Å². The van der Waals surface area contributed by atoms with Crippen LogP contribution in [0.1, 0.15) is 44.2 Å². The number of hydrogen-bond donors (Lipinski definition) is 1. The molecular weight excluding hydrogens is 278 g/mol. The van der Waals surface area contributed by atoms with Crippen molar-refractivity contribution in [3.8, 4) is 0 Å². The maximum atomic E-state index is 12.5. The Balaban J connectivity index is 2.18. The molecule has 1 amide bonds. The topological polar surface area (TPSA) is 55.4 Å². The van der Waals surface area contributed by atoms with E-state index in [1.807, 2.05) is 37.3 Å². The van der Waals surface area contributed by atoms with Crippen molar-refractivity contribution in [3.63, 3.8) is 0 Å². The SMILES string of the molecule is COC(=O)N[C@@H](c1ccccc1)[C@H](C)C(=O)C=C1CCCC1. The lowest BCUT2D eigenvalue weighted by molar-refractivity contribution is -0.118. The van der Waals surface area contributed by atoms with Gasteiger partial charge in [-0.05, 0) is 37.3 Å². The smallest absolute Gasteiger partial charge is 0.407 e. The molecule has 0 heterocycles. The second-order valence-corrected chi connectivity index (χ2v) is 5.73. The minimum absolute atomic E-state index is 0.0576. The lowest BCUT2D eigenvalue weighted by atomic mass is 9.90. The van der Waals surface area contributed by atoms with Gasteiger partial charge in [-0.2, -0.15) is 0 Å². The van der Waals surface area contributed by atoms with Crippen LogP contribution in [-0.4, -0.2) is 19.0 Å². The van der Waals surface area contributed by atoms with Gasteiger partial charge in [0, 0.05) is 5.92 Å². The molecule has 4 heteroatoms. The van der Waals surface area contributed by atoms with Crippen LogP contribution in [0, 0.1) is 5.92 Å². The summed E-state index contributed by atoms with van der Waals surface area (Å²) < 4.78 is 4.69. The molecule has 0 bridgehead atoms. The zero-order chi connectivity index (χ0) is 15.9. The number of rotatable bonds is 5.